The molecule has 0 radical (unpaired) electrons. The van der Waals surface area contributed by atoms with Crippen molar-refractivity contribution < 1.29 is 4.79 Å². The average Bonchev–Trinajstić information content (AvgIpc) is 2.01. The fraction of sp³-hybridized carbons (Fsp3) is 0.417. The minimum absolute atomic E-state index is 0.115. The fourth-order valence-corrected chi connectivity index (χ4v) is 1.41. The third-order valence-electron chi connectivity index (χ3n) is 2.21. The van der Waals surface area contributed by atoms with Gasteiger partial charge < -0.3 is 5.32 Å². The highest BCUT2D eigenvalue weighted by Crippen LogP contribution is 2.14. The molecule has 1 atom stereocenters. The maximum atomic E-state index is 11.1. The van der Waals surface area contributed by atoms with E-state index < -0.39 is 0 Å². The number of nitrogens with one attached hydrogen (secondary N) is 1. The highest BCUT2D eigenvalue weighted by atomic mass is 16.1. The van der Waals surface area contributed by atoms with E-state index in [0.29, 0.717) is 0 Å². The van der Waals surface area contributed by atoms with E-state index in [9.17, 15) is 4.79 Å². The standard InChI is InChI=1S/C12H17NO/c1-8-5-9(2)7-12(6-8)13-10(3)11(4)14/h5-7,10,13H,1-4H3. The van der Waals surface area contributed by atoms with Gasteiger partial charge in [0.25, 0.3) is 0 Å². The highest BCUT2D eigenvalue weighted by molar-refractivity contribution is 5.83. The molecule has 1 aromatic carbocycles. The van der Waals surface area contributed by atoms with Crippen molar-refractivity contribution in [1.29, 1.82) is 0 Å². The van der Waals surface area contributed by atoms with Crippen molar-refractivity contribution in [3.8, 4) is 0 Å². The van der Waals surface area contributed by atoms with Crippen LogP contribution in [0.5, 0.6) is 0 Å². The number of aryl methyl sites for hydroxylation is 2. The molecule has 0 spiro atoms. The Bertz CT molecular complexity index is 324. The van der Waals surface area contributed by atoms with Crippen molar-refractivity contribution in [1.82, 2.24) is 0 Å². The number of hydrogen-bond acceptors (Lipinski definition) is 2. The zero-order valence-electron chi connectivity index (χ0n) is 9.22. The molecule has 0 fully saturated rings. The lowest BCUT2D eigenvalue weighted by Gasteiger charge is -2.13. The monoisotopic (exact) mass is 191 g/mol. The van der Waals surface area contributed by atoms with Crippen molar-refractivity contribution >= 4 is 11.5 Å². The summed E-state index contributed by atoms with van der Waals surface area (Å²) >= 11 is 0. The molecule has 2 heteroatoms. The zero-order chi connectivity index (χ0) is 10.7. The van der Waals surface area contributed by atoms with Gasteiger partial charge in [-0.2, -0.15) is 0 Å². The molecule has 0 aliphatic carbocycles. The van der Waals surface area contributed by atoms with Crippen LogP contribution >= 0.6 is 0 Å². The largest absolute Gasteiger partial charge is 0.376 e. The van der Waals surface area contributed by atoms with Gasteiger partial charge in [0.05, 0.1) is 6.04 Å². The van der Waals surface area contributed by atoms with E-state index in [2.05, 4.69) is 25.2 Å². The van der Waals surface area contributed by atoms with E-state index in [0.717, 1.165) is 5.69 Å². The lowest BCUT2D eigenvalue weighted by molar-refractivity contribution is -0.117. The van der Waals surface area contributed by atoms with E-state index in [1.165, 1.54) is 11.1 Å². The number of carbonyl (C=O) groups excluding carboxylic acids is 1. The molecule has 2 nitrogen and oxygen atoms in total. The van der Waals surface area contributed by atoms with Gasteiger partial charge in [0.15, 0.2) is 5.78 Å². The second-order valence-corrected chi connectivity index (χ2v) is 3.85. The van der Waals surface area contributed by atoms with Crippen LogP contribution in [0.15, 0.2) is 18.2 Å². The third kappa shape index (κ3) is 2.87. The number of carbonyl (C=O) groups is 1. The second kappa shape index (κ2) is 4.27. The molecular formula is C12H17NO. The van der Waals surface area contributed by atoms with Gasteiger partial charge in [0.2, 0.25) is 0 Å². The smallest absolute Gasteiger partial charge is 0.151 e. The molecule has 0 aliphatic rings. The van der Waals surface area contributed by atoms with E-state index in [1.54, 1.807) is 6.92 Å². The third-order valence-corrected chi connectivity index (χ3v) is 2.21. The van der Waals surface area contributed by atoms with Crippen LogP contribution in [0.1, 0.15) is 25.0 Å². The Kier molecular flexibility index (Phi) is 3.28. The summed E-state index contributed by atoms with van der Waals surface area (Å²) in [6.07, 6.45) is 0. The van der Waals surface area contributed by atoms with E-state index in [1.807, 2.05) is 19.1 Å². The number of benzene rings is 1. The SMILES string of the molecule is CC(=O)C(C)Nc1cc(C)cc(C)c1. The molecule has 0 aliphatic heterocycles. The summed E-state index contributed by atoms with van der Waals surface area (Å²) in [6, 6.07) is 6.10. The summed E-state index contributed by atoms with van der Waals surface area (Å²) in [6.45, 7) is 7.58. The summed E-state index contributed by atoms with van der Waals surface area (Å²) < 4.78 is 0. The number of anilines is 1. The summed E-state index contributed by atoms with van der Waals surface area (Å²) in [5, 5.41) is 3.17. The zero-order valence-corrected chi connectivity index (χ0v) is 9.22. The number of ketones is 1. The summed E-state index contributed by atoms with van der Waals surface area (Å²) in [5.41, 5.74) is 3.44. The molecule has 0 bridgehead atoms. The molecule has 76 valence electrons. The Morgan fingerprint density at radius 1 is 1.21 bits per heavy atom. The average molecular weight is 191 g/mol. The molecule has 0 saturated carbocycles. The molecule has 1 N–H and O–H groups in total. The van der Waals surface area contributed by atoms with Crippen LogP contribution in [-0.4, -0.2) is 11.8 Å². The molecule has 0 amide bonds. The molecule has 1 unspecified atom stereocenters. The van der Waals surface area contributed by atoms with Gasteiger partial charge in [-0.25, -0.2) is 0 Å². The first kappa shape index (κ1) is 10.8. The quantitative estimate of drug-likeness (QED) is 0.795. The predicted octanol–water partition coefficient (Wildman–Crippen LogP) is 2.69. The summed E-state index contributed by atoms with van der Waals surface area (Å²) in [4.78, 5) is 11.1. The summed E-state index contributed by atoms with van der Waals surface area (Å²) in [5.74, 6) is 0.157. The topological polar surface area (TPSA) is 29.1 Å². The van der Waals surface area contributed by atoms with Crippen LogP contribution in [0.4, 0.5) is 5.69 Å². The van der Waals surface area contributed by atoms with Crippen LogP contribution in [0, 0.1) is 13.8 Å². The normalized spacial score (nSPS) is 12.3. The van der Waals surface area contributed by atoms with Crippen molar-refractivity contribution in [2.75, 3.05) is 5.32 Å². The Hall–Kier alpha value is -1.31. The lowest BCUT2D eigenvalue weighted by atomic mass is 10.1. The first-order valence-corrected chi connectivity index (χ1v) is 4.84. The van der Waals surface area contributed by atoms with Gasteiger partial charge in [-0.1, -0.05) is 6.07 Å². The second-order valence-electron chi connectivity index (χ2n) is 3.85. The van der Waals surface area contributed by atoms with E-state index in [-0.39, 0.29) is 11.8 Å². The first-order chi connectivity index (χ1) is 6.49. The highest BCUT2D eigenvalue weighted by Gasteiger charge is 2.06. The Labute approximate surface area is 85.3 Å². The van der Waals surface area contributed by atoms with Crippen LogP contribution in [0.2, 0.25) is 0 Å². The lowest BCUT2D eigenvalue weighted by Crippen LogP contribution is -2.23. The van der Waals surface area contributed by atoms with Crippen molar-refractivity contribution in [2.45, 2.75) is 33.7 Å². The van der Waals surface area contributed by atoms with Crippen molar-refractivity contribution in [3.05, 3.63) is 29.3 Å². The van der Waals surface area contributed by atoms with E-state index >= 15 is 0 Å². The van der Waals surface area contributed by atoms with Gasteiger partial charge in [0, 0.05) is 5.69 Å². The predicted molar refractivity (Wildman–Crippen MR) is 59.7 cm³/mol. The van der Waals surface area contributed by atoms with Crippen LogP contribution in [0.25, 0.3) is 0 Å². The van der Waals surface area contributed by atoms with E-state index in [4.69, 9.17) is 0 Å². The summed E-state index contributed by atoms with van der Waals surface area (Å²) in [7, 11) is 0. The molecule has 14 heavy (non-hydrogen) atoms. The van der Waals surface area contributed by atoms with Crippen LogP contribution in [-0.2, 0) is 4.79 Å². The van der Waals surface area contributed by atoms with Crippen molar-refractivity contribution in [3.63, 3.8) is 0 Å². The van der Waals surface area contributed by atoms with Crippen LogP contribution < -0.4 is 5.32 Å². The molecular weight excluding hydrogens is 174 g/mol. The molecule has 1 aromatic rings. The number of hydrogen-bond donors (Lipinski definition) is 1. The maximum Gasteiger partial charge on any atom is 0.151 e. The number of rotatable bonds is 3. The van der Waals surface area contributed by atoms with Gasteiger partial charge in [0.1, 0.15) is 0 Å². The minimum atomic E-state index is -0.115. The number of Topliss-reactive ketones (excluding diaryl/α,β-unsaturated/α-hetero) is 1. The molecule has 0 aromatic heterocycles. The van der Waals surface area contributed by atoms with Gasteiger partial charge >= 0.3 is 0 Å². The van der Waals surface area contributed by atoms with Gasteiger partial charge in [-0.05, 0) is 51.0 Å². The van der Waals surface area contributed by atoms with Gasteiger partial charge in [-0.3, -0.25) is 4.79 Å². The minimum Gasteiger partial charge on any atom is -0.376 e. The maximum absolute atomic E-state index is 11.1. The molecule has 0 heterocycles. The Morgan fingerprint density at radius 3 is 2.14 bits per heavy atom. The fourth-order valence-electron chi connectivity index (χ4n) is 1.41. The molecule has 0 saturated heterocycles. The Morgan fingerprint density at radius 2 is 1.71 bits per heavy atom. The Balaban J connectivity index is 2.81. The first-order valence-electron chi connectivity index (χ1n) is 4.84. The van der Waals surface area contributed by atoms with Crippen molar-refractivity contribution in [2.24, 2.45) is 0 Å². The van der Waals surface area contributed by atoms with Crippen LogP contribution in [0.3, 0.4) is 0 Å². The molecule has 1 rings (SSSR count). The van der Waals surface area contributed by atoms with Gasteiger partial charge in [-0.15, -0.1) is 0 Å².